The summed E-state index contributed by atoms with van der Waals surface area (Å²) in [6.45, 7) is 1.53. The summed E-state index contributed by atoms with van der Waals surface area (Å²) in [4.78, 5) is 33.8. The number of carbonyl (C=O) groups excluding carboxylic acids is 3. The van der Waals surface area contributed by atoms with Crippen molar-refractivity contribution in [3.05, 3.63) is 71.3 Å². The number of hydrogen-bond acceptors (Lipinski definition) is 6. The number of unbranched alkanes of at least 4 members (excludes halogenated alkanes) is 3. The summed E-state index contributed by atoms with van der Waals surface area (Å²) in [6.07, 6.45) is 6.73. The van der Waals surface area contributed by atoms with Crippen molar-refractivity contribution in [2.75, 3.05) is 20.3 Å². The van der Waals surface area contributed by atoms with Crippen LogP contribution in [0.4, 0.5) is 0 Å². The van der Waals surface area contributed by atoms with E-state index < -0.39 is 5.97 Å². The van der Waals surface area contributed by atoms with E-state index in [1.165, 1.54) is 13.2 Å². The molecular formula is C24H26O6. The van der Waals surface area contributed by atoms with E-state index in [1.54, 1.807) is 54.6 Å². The SMILES string of the molecule is COC(=O)/C=C/c1ccc(C(=O)c2ccc(OCCCCCCOC=O)cc2)cc1. The zero-order valence-electron chi connectivity index (χ0n) is 17.0. The molecule has 158 valence electrons. The fourth-order valence-corrected chi connectivity index (χ4v) is 2.73. The van der Waals surface area contributed by atoms with Gasteiger partial charge in [0.05, 0.1) is 20.3 Å². The van der Waals surface area contributed by atoms with Crippen molar-refractivity contribution < 1.29 is 28.6 Å². The summed E-state index contributed by atoms with van der Waals surface area (Å²) in [7, 11) is 1.32. The molecule has 0 bridgehead atoms. The number of rotatable bonds is 13. The average Bonchev–Trinajstić information content (AvgIpc) is 2.79. The van der Waals surface area contributed by atoms with Gasteiger partial charge in [-0.1, -0.05) is 24.3 Å². The van der Waals surface area contributed by atoms with Gasteiger partial charge in [-0.3, -0.25) is 9.59 Å². The van der Waals surface area contributed by atoms with Crippen molar-refractivity contribution in [2.45, 2.75) is 25.7 Å². The van der Waals surface area contributed by atoms with Crippen LogP contribution in [0.25, 0.3) is 6.08 Å². The second-order valence-corrected chi connectivity index (χ2v) is 6.56. The Morgan fingerprint density at radius 2 is 1.43 bits per heavy atom. The first-order valence-electron chi connectivity index (χ1n) is 9.83. The average molecular weight is 410 g/mol. The minimum Gasteiger partial charge on any atom is -0.494 e. The summed E-state index contributed by atoms with van der Waals surface area (Å²) in [6, 6.07) is 14.1. The van der Waals surface area contributed by atoms with Crippen LogP contribution in [-0.2, 0) is 19.1 Å². The molecule has 0 saturated heterocycles. The van der Waals surface area contributed by atoms with Crippen molar-refractivity contribution in [1.29, 1.82) is 0 Å². The fraction of sp³-hybridized carbons (Fsp3) is 0.292. The van der Waals surface area contributed by atoms with E-state index in [9.17, 15) is 14.4 Å². The number of ether oxygens (including phenoxy) is 3. The van der Waals surface area contributed by atoms with Crippen LogP contribution in [0, 0.1) is 0 Å². The maximum atomic E-state index is 12.6. The van der Waals surface area contributed by atoms with Gasteiger partial charge in [-0.05, 0) is 61.6 Å². The van der Waals surface area contributed by atoms with Crippen LogP contribution in [0.1, 0.15) is 47.2 Å². The molecule has 6 heteroatoms. The van der Waals surface area contributed by atoms with E-state index in [1.807, 2.05) is 0 Å². The van der Waals surface area contributed by atoms with Crippen molar-refractivity contribution in [3.8, 4) is 5.75 Å². The smallest absolute Gasteiger partial charge is 0.330 e. The minimum absolute atomic E-state index is 0.0809. The van der Waals surface area contributed by atoms with Crippen LogP contribution in [0.5, 0.6) is 5.75 Å². The van der Waals surface area contributed by atoms with Gasteiger partial charge in [0.1, 0.15) is 5.75 Å². The Hall–Kier alpha value is -3.41. The Morgan fingerprint density at radius 3 is 2.03 bits per heavy atom. The first-order valence-corrected chi connectivity index (χ1v) is 9.83. The normalized spacial score (nSPS) is 10.6. The molecule has 2 rings (SSSR count). The summed E-state index contributed by atoms with van der Waals surface area (Å²) in [5, 5.41) is 0. The molecule has 0 fully saturated rings. The van der Waals surface area contributed by atoms with Gasteiger partial charge >= 0.3 is 5.97 Å². The molecule has 0 heterocycles. The van der Waals surface area contributed by atoms with E-state index in [-0.39, 0.29) is 5.78 Å². The van der Waals surface area contributed by atoms with Crippen LogP contribution in [-0.4, -0.2) is 38.5 Å². The van der Waals surface area contributed by atoms with Gasteiger partial charge in [0.2, 0.25) is 0 Å². The molecule has 0 aliphatic carbocycles. The third-order valence-corrected chi connectivity index (χ3v) is 4.40. The molecule has 0 unspecified atom stereocenters. The molecular weight excluding hydrogens is 384 g/mol. The number of ketones is 1. The largest absolute Gasteiger partial charge is 0.494 e. The minimum atomic E-state index is -0.429. The van der Waals surface area contributed by atoms with Crippen molar-refractivity contribution in [2.24, 2.45) is 0 Å². The van der Waals surface area contributed by atoms with Gasteiger partial charge < -0.3 is 14.2 Å². The predicted molar refractivity (Wildman–Crippen MR) is 113 cm³/mol. The van der Waals surface area contributed by atoms with Crippen LogP contribution in [0.15, 0.2) is 54.6 Å². The second-order valence-electron chi connectivity index (χ2n) is 6.56. The lowest BCUT2D eigenvalue weighted by atomic mass is 10.0. The Bertz CT molecular complexity index is 837. The third kappa shape index (κ3) is 7.91. The lowest BCUT2D eigenvalue weighted by Crippen LogP contribution is -2.02. The molecule has 0 radical (unpaired) electrons. The molecule has 0 saturated carbocycles. The maximum Gasteiger partial charge on any atom is 0.330 e. The molecule has 0 N–H and O–H groups in total. The standard InChI is InChI=1S/C24H26O6/c1-28-23(26)15-8-19-6-9-20(10-7-19)24(27)21-11-13-22(14-12-21)30-17-5-3-2-4-16-29-18-25/h6-15,18H,2-5,16-17H2,1H3/b15-8+. The topological polar surface area (TPSA) is 78.9 Å². The molecule has 0 aromatic heterocycles. The molecule has 2 aromatic carbocycles. The Kier molecular flexibility index (Phi) is 9.86. The summed E-state index contributed by atoms with van der Waals surface area (Å²) < 4.78 is 14.9. The Balaban J connectivity index is 1.79. The number of methoxy groups -OCH3 is 1. The molecule has 2 aromatic rings. The van der Waals surface area contributed by atoms with Crippen molar-refractivity contribution in [1.82, 2.24) is 0 Å². The van der Waals surface area contributed by atoms with Crippen LogP contribution >= 0.6 is 0 Å². The fourth-order valence-electron chi connectivity index (χ4n) is 2.73. The van der Waals surface area contributed by atoms with Crippen molar-refractivity contribution in [3.63, 3.8) is 0 Å². The van der Waals surface area contributed by atoms with Gasteiger partial charge in [0.25, 0.3) is 6.47 Å². The van der Waals surface area contributed by atoms with E-state index in [2.05, 4.69) is 9.47 Å². The van der Waals surface area contributed by atoms with Crippen molar-refractivity contribution >= 4 is 24.3 Å². The lowest BCUT2D eigenvalue weighted by Gasteiger charge is -2.07. The zero-order chi connectivity index (χ0) is 21.6. The third-order valence-electron chi connectivity index (χ3n) is 4.40. The zero-order valence-corrected chi connectivity index (χ0v) is 17.0. The van der Waals surface area contributed by atoms with Gasteiger partial charge in [-0.15, -0.1) is 0 Å². The van der Waals surface area contributed by atoms with Gasteiger partial charge in [-0.2, -0.15) is 0 Å². The Labute approximate surface area is 176 Å². The monoisotopic (exact) mass is 410 g/mol. The predicted octanol–water partition coefficient (Wildman–Crippen LogP) is 4.22. The number of hydrogen-bond donors (Lipinski definition) is 0. The number of carbonyl (C=O) groups is 3. The molecule has 6 nitrogen and oxygen atoms in total. The second kappa shape index (κ2) is 12.9. The highest BCUT2D eigenvalue weighted by Gasteiger charge is 2.09. The summed E-state index contributed by atoms with van der Waals surface area (Å²) >= 11 is 0. The van der Waals surface area contributed by atoms with E-state index >= 15 is 0 Å². The van der Waals surface area contributed by atoms with Crippen LogP contribution in [0.3, 0.4) is 0 Å². The molecule has 30 heavy (non-hydrogen) atoms. The van der Waals surface area contributed by atoms with E-state index in [4.69, 9.17) is 4.74 Å². The summed E-state index contributed by atoms with van der Waals surface area (Å²) in [5.74, 6) is 0.211. The number of esters is 1. The maximum absolute atomic E-state index is 12.6. The molecule has 0 atom stereocenters. The molecule has 0 aliphatic rings. The highest BCUT2D eigenvalue weighted by Crippen LogP contribution is 2.17. The Morgan fingerprint density at radius 1 is 0.833 bits per heavy atom. The first kappa shape index (κ1) is 22.9. The van der Waals surface area contributed by atoms with Crippen LogP contribution < -0.4 is 4.74 Å². The molecule has 0 amide bonds. The highest BCUT2D eigenvalue weighted by atomic mass is 16.5. The van der Waals surface area contributed by atoms with Crippen LogP contribution in [0.2, 0.25) is 0 Å². The molecule has 0 spiro atoms. The van der Waals surface area contributed by atoms with E-state index in [0.717, 1.165) is 37.0 Å². The van der Waals surface area contributed by atoms with Gasteiger partial charge in [0, 0.05) is 17.2 Å². The quantitative estimate of drug-likeness (QED) is 0.162. The molecule has 0 aliphatic heterocycles. The number of benzene rings is 2. The lowest BCUT2D eigenvalue weighted by molar-refractivity contribution is -0.134. The highest BCUT2D eigenvalue weighted by molar-refractivity contribution is 6.09. The van der Waals surface area contributed by atoms with Gasteiger partial charge in [-0.25, -0.2) is 4.79 Å². The summed E-state index contributed by atoms with van der Waals surface area (Å²) in [5.41, 5.74) is 1.95. The first-order chi connectivity index (χ1) is 14.6. The van der Waals surface area contributed by atoms with Gasteiger partial charge in [0.15, 0.2) is 5.78 Å². The van der Waals surface area contributed by atoms with E-state index in [0.29, 0.717) is 30.8 Å².